The van der Waals surface area contributed by atoms with E-state index in [0.29, 0.717) is 6.54 Å². The van der Waals surface area contributed by atoms with Gasteiger partial charge in [0.05, 0.1) is 16.7 Å². The first-order valence-electron chi connectivity index (χ1n) is 8.65. The lowest BCUT2D eigenvalue weighted by atomic mass is 10.00. The number of carbonyl (C=O) groups is 1. The van der Waals surface area contributed by atoms with Gasteiger partial charge in [0.25, 0.3) is 0 Å². The van der Waals surface area contributed by atoms with Crippen LogP contribution >= 0.6 is 11.3 Å². The predicted octanol–water partition coefficient (Wildman–Crippen LogP) is 2.92. The molecule has 1 saturated heterocycles. The quantitative estimate of drug-likeness (QED) is 0.904. The van der Waals surface area contributed by atoms with Gasteiger partial charge in [-0.25, -0.2) is 9.78 Å². The standard InChI is InChI=1S/C17H25N5OS/c1-3-13-12-19-16(24-13)8-9-18-17(23)22-11-5-4-6-15(22)14-7-10-20-21(14)2/h7,10,12,15H,3-6,8-9,11H2,1-2H3,(H,18,23)/t15-/m1/s1. The third-order valence-corrected chi connectivity index (χ3v) is 5.73. The number of carbonyl (C=O) groups excluding carboxylic acids is 1. The van der Waals surface area contributed by atoms with Crippen LogP contribution < -0.4 is 5.32 Å². The molecule has 24 heavy (non-hydrogen) atoms. The van der Waals surface area contributed by atoms with Gasteiger partial charge in [0.2, 0.25) is 0 Å². The van der Waals surface area contributed by atoms with Crippen molar-refractivity contribution in [3.8, 4) is 0 Å². The normalized spacial score (nSPS) is 17.9. The fourth-order valence-electron chi connectivity index (χ4n) is 3.20. The molecule has 6 nitrogen and oxygen atoms in total. The second-order valence-corrected chi connectivity index (χ2v) is 7.34. The first-order valence-corrected chi connectivity index (χ1v) is 9.46. The molecule has 7 heteroatoms. The Balaban J connectivity index is 1.57. The van der Waals surface area contributed by atoms with Crippen molar-refractivity contribution in [1.82, 2.24) is 25.0 Å². The molecular weight excluding hydrogens is 322 g/mol. The summed E-state index contributed by atoms with van der Waals surface area (Å²) in [5.74, 6) is 0. The van der Waals surface area contributed by atoms with Crippen molar-refractivity contribution in [3.63, 3.8) is 0 Å². The van der Waals surface area contributed by atoms with Gasteiger partial charge in [-0.15, -0.1) is 11.3 Å². The maximum Gasteiger partial charge on any atom is 0.317 e. The van der Waals surface area contributed by atoms with Crippen LogP contribution in [0.2, 0.25) is 0 Å². The highest BCUT2D eigenvalue weighted by molar-refractivity contribution is 7.11. The van der Waals surface area contributed by atoms with Crippen LogP contribution in [-0.2, 0) is 19.9 Å². The Morgan fingerprint density at radius 3 is 3.04 bits per heavy atom. The minimum absolute atomic E-state index is 0.0215. The van der Waals surface area contributed by atoms with Gasteiger partial charge in [0, 0.05) is 43.8 Å². The van der Waals surface area contributed by atoms with E-state index in [9.17, 15) is 4.79 Å². The lowest BCUT2D eigenvalue weighted by molar-refractivity contribution is 0.148. The summed E-state index contributed by atoms with van der Waals surface area (Å²) in [7, 11) is 1.94. The SMILES string of the molecule is CCc1cnc(CCNC(=O)N2CCCC[C@@H]2c2ccnn2C)s1. The Bertz CT molecular complexity index is 680. The Kier molecular flexibility index (Phi) is 5.50. The second-order valence-electron chi connectivity index (χ2n) is 6.14. The molecule has 0 aromatic carbocycles. The van der Waals surface area contributed by atoms with Gasteiger partial charge in [-0.05, 0) is 31.7 Å². The molecule has 1 fully saturated rings. The van der Waals surface area contributed by atoms with E-state index in [1.165, 1.54) is 4.88 Å². The second kappa shape index (κ2) is 7.79. The highest BCUT2D eigenvalue weighted by Gasteiger charge is 2.29. The molecule has 2 aromatic heterocycles. The number of piperidine rings is 1. The van der Waals surface area contributed by atoms with Gasteiger partial charge in [-0.3, -0.25) is 4.68 Å². The van der Waals surface area contributed by atoms with Crippen LogP contribution in [0.3, 0.4) is 0 Å². The van der Waals surface area contributed by atoms with Crippen LogP contribution in [-0.4, -0.2) is 38.8 Å². The van der Waals surface area contributed by atoms with Gasteiger partial charge in [-0.2, -0.15) is 5.10 Å². The summed E-state index contributed by atoms with van der Waals surface area (Å²) in [5.41, 5.74) is 1.11. The number of nitrogens with zero attached hydrogens (tertiary/aromatic N) is 4. The number of aromatic nitrogens is 3. The predicted molar refractivity (Wildman–Crippen MR) is 95.1 cm³/mol. The van der Waals surface area contributed by atoms with Gasteiger partial charge in [0.15, 0.2) is 0 Å². The Morgan fingerprint density at radius 1 is 1.46 bits per heavy atom. The third-order valence-electron chi connectivity index (χ3n) is 4.53. The van der Waals surface area contributed by atoms with Gasteiger partial charge >= 0.3 is 6.03 Å². The lowest BCUT2D eigenvalue weighted by Gasteiger charge is -2.35. The van der Waals surface area contributed by atoms with E-state index in [1.54, 1.807) is 17.5 Å². The molecule has 130 valence electrons. The zero-order chi connectivity index (χ0) is 16.9. The van der Waals surface area contributed by atoms with Crippen molar-refractivity contribution < 1.29 is 4.79 Å². The molecule has 1 atom stereocenters. The van der Waals surface area contributed by atoms with Crippen LogP contribution in [0.5, 0.6) is 0 Å². The highest BCUT2D eigenvalue weighted by Crippen LogP contribution is 2.30. The molecule has 3 rings (SSSR count). The summed E-state index contributed by atoms with van der Waals surface area (Å²) in [4.78, 5) is 20.3. The van der Waals surface area contributed by atoms with Gasteiger partial charge in [-0.1, -0.05) is 6.92 Å². The van der Waals surface area contributed by atoms with E-state index in [0.717, 1.165) is 49.4 Å². The maximum absolute atomic E-state index is 12.6. The Morgan fingerprint density at radius 2 is 2.33 bits per heavy atom. The summed E-state index contributed by atoms with van der Waals surface area (Å²) in [6.07, 6.45) is 8.76. The number of hydrogen-bond donors (Lipinski definition) is 1. The van der Waals surface area contributed by atoms with Crippen LogP contribution in [0.1, 0.15) is 47.8 Å². The van der Waals surface area contributed by atoms with E-state index in [2.05, 4.69) is 22.3 Å². The van der Waals surface area contributed by atoms with E-state index in [-0.39, 0.29) is 12.1 Å². The number of rotatable bonds is 5. The van der Waals surface area contributed by atoms with E-state index < -0.39 is 0 Å². The lowest BCUT2D eigenvalue weighted by Crippen LogP contribution is -2.45. The zero-order valence-electron chi connectivity index (χ0n) is 14.4. The van der Waals surface area contributed by atoms with E-state index in [1.807, 2.05) is 28.9 Å². The number of likely N-dealkylation sites (tertiary alicyclic amines) is 1. The van der Waals surface area contributed by atoms with E-state index >= 15 is 0 Å². The first kappa shape index (κ1) is 17.0. The van der Waals surface area contributed by atoms with E-state index in [4.69, 9.17) is 0 Å². The Hall–Kier alpha value is -1.89. The molecule has 1 N–H and O–H groups in total. The molecule has 2 amide bonds. The number of nitrogens with one attached hydrogen (secondary N) is 1. The van der Waals surface area contributed by atoms with Crippen LogP contribution in [0.25, 0.3) is 0 Å². The number of aryl methyl sites for hydroxylation is 2. The number of thiazole rings is 1. The maximum atomic E-state index is 12.6. The molecule has 2 aromatic rings. The average molecular weight is 347 g/mol. The minimum atomic E-state index is 0.0215. The summed E-state index contributed by atoms with van der Waals surface area (Å²) < 4.78 is 1.87. The summed E-state index contributed by atoms with van der Waals surface area (Å²) in [5, 5.41) is 8.40. The van der Waals surface area contributed by atoms with Crippen molar-refractivity contribution in [2.24, 2.45) is 7.05 Å². The molecule has 0 spiro atoms. The van der Waals surface area contributed by atoms with Crippen LogP contribution in [0, 0.1) is 0 Å². The Labute approximate surface area is 146 Å². The number of urea groups is 1. The van der Waals surface area contributed by atoms with Crippen molar-refractivity contribution >= 4 is 17.4 Å². The average Bonchev–Trinajstić information content (AvgIpc) is 3.23. The third kappa shape index (κ3) is 3.77. The zero-order valence-corrected chi connectivity index (χ0v) is 15.2. The molecule has 0 saturated carbocycles. The summed E-state index contributed by atoms with van der Waals surface area (Å²) >= 11 is 1.73. The fourth-order valence-corrected chi connectivity index (χ4v) is 4.06. The number of hydrogen-bond acceptors (Lipinski definition) is 4. The van der Waals surface area contributed by atoms with Crippen LogP contribution in [0.4, 0.5) is 4.79 Å². The minimum Gasteiger partial charge on any atom is -0.338 e. The monoisotopic (exact) mass is 347 g/mol. The van der Waals surface area contributed by atoms with Gasteiger partial charge in [0.1, 0.15) is 0 Å². The molecule has 0 bridgehead atoms. The topological polar surface area (TPSA) is 63.1 Å². The van der Waals surface area contributed by atoms with Gasteiger partial charge < -0.3 is 10.2 Å². The van der Waals surface area contributed by atoms with Crippen molar-refractivity contribution in [3.05, 3.63) is 34.0 Å². The number of amides is 2. The highest BCUT2D eigenvalue weighted by atomic mass is 32.1. The largest absolute Gasteiger partial charge is 0.338 e. The molecular formula is C17H25N5OS. The molecule has 1 aliphatic rings. The molecule has 0 aliphatic carbocycles. The fraction of sp³-hybridized carbons (Fsp3) is 0.588. The molecule has 0 radical (unpaired) electrons. The van der Waals surface area contributed by atoms with Crippen molar-refractivity contribution in [1.29, 1.82) is 0 Å². The van der Waals surface area contributed by atoms with Crippen molar-refractivity contribution in [2.75, 3.05) is 13.1 Å². The molecule has 0 unspecified atom stereocenters. The summed E-state index contributed by atoms with van der Waals surface area (Å²) in [6.45, 7) is 3.57. The molecule has 1 aliphatic heterocycles. The summed E-state index contributed by atoms with van der Waals surface area (Å²) in [6, 6.07) is 2.16. The van der Waals surface area contributed by atoms with Crippen LogP contribution in [0.15, 0.2) is 18.5 Å². The van der Waals surface area contributed by atoms with Crippen molar-refractivity contribution in [2.45, 2.75) is 45.1 Å². The molecule has 3 heterocycles. The first-order chi connectivity index (χ1) is 11.7. The smallest absolute Gasteiger partial charge is 0.317 e.